The van der Waals surface area contributed by atoms with E-state index in [0.29, 0.717) is 5.56 Å². The minimum atomic E-state index is -0.899. The molecule has 0 aliphatic carbocycles. The quantitative estimate of drug-likeness (QED) is 0.291. The Bertz CT molecular complexity index is 1040. The Morgan fingerprint density at radius 2 is 1.67 bits per heavy atom. The molecule has 0 atom stereocenters. The van der Waals surface area contributed by atoms with Crippen LogP contribution in [0, 0.1) is 5.82 Å². The summed E-state index contributed by atoms with van der Waals surface area (Å²) in [6.07, 6.45) is 0. The number of carbonyl (C=O) groups is 4. The Morgan fingerprint density at radius 3 is 2.27 bits per heavy atom. The van der Waals surface area contributed by atoms with Crippen LogP contribution in [0.25, 0.3) is 0 Å². The molecule has 154 valence electrons. The Hall–Kier alpha value is -3.86. The first-order chi connectivity index (χ1) is 14.3. The van der Waals surface area contributed by atoms with Gasteiger partial charge in [-0.2, -0.15) is 0 Å². The monoisotopic (exact) mass is 429 g/mol. The van der Waals surface area contributed by atoms with Crippen LogP contribution in [0.4, 0.5) is 14.9 Å². The van der Waals surface area contributed by atoms with Crippen LogP contribution in [0.3, 0.4) is 0 Å². The predicted octanol–water partition coefficient (Wildman–Crippen LogP) is 1.38. The van der Waals surface area contributed by atoms with E-state index in [1.54, 1.807) is 18.2 Å². The number of urea groups is 1. The number of para-hydroxylation sites is 1. The van der Waals surface area contributed by atoms with Gasteiger partial charge in [0, 0.05) is 12.6 Å². The zero-order valence-corrected chi connectivity index (χ0v) is 16.5. The number of anilines is 1. The van der Waals surface area contributed by atoms with Crippen molar-refractivity contribution in [1.82, 2.24) is 20.7 Å². The fourth-order valence-corrected chi connectivity index (χ4v) is 2.76. The molecule has 0 aromatic heterocycles. The third kappa shape index (κ3) is 4.41. The van der Waals surface area contributed by atoms with Crippen molar-refractivity contribution in [1.29, 1.82) is 0 Å². The van der Waals surface area contributed by atoms with Gasteiger partial charge < -0.3 is 5.32 Å². The van der Waals surface area contributed by atoms with Crippen LogP contribution >= 0.6 is 12.2 Å². The summed E-state index contributed by atoms with van der Waals surface area (Å²) in [6, 6.07) is 11.3. The number of imide groups is 2. The van der Waals surface area contributed by atoms with Crippen LogP contribution in [0.15, 0.2) is 48.5 Å². The number of carbonyl (C=O) groups excluding carboxylic acids is 4. The van der Waals surface area contributed by atoms with Gasteiger partial charge in [0.1, 0.15) is 5.82 Å². The lowest BCUT2D eigenvalue weighted by molar-refractivity contribution is -0.143. The zero-order chi connectivity index (χ0) is 21.8. The summed E-state index contributed by atoms with van der Waals surface area (Å²) in [5, 5.41) is 2.60. The van der Waals surface area contributed by atoms with E-state index in [-0.39, 0.29) is 22.9 Å². The van der Waals surface area contributed by atoms with Gasteiger partial charge in [-0.05, 0) is 42.0 Å². The SMILES string of the molecule is CN1C(=O)C(=O)N(Cc2ccc(C(=O)NNC(=S)Nc3ccccc3F)cc2)C1=O. The maximum atomic E-state index is 13.6. The lowest BCUT2D eigenvalue weighted by atomic mass is 10.1. The molecule has 2 aromatic carbocycles. The number of hydrogen-bond acceptors (Lipinski definition) is 5. The summed E-state index contributed by atoms with van der Waals surface area (Å²) in [4.78, 5) is 49.0. The van der Waals surface area contributed by atoms with Gasteiger partial charge in [-0.15, -0.1) is 0 Å². The topological polar surface area (TPSA) is 111 Å². The van der Waals surface area contributed by atoms with Gasteiger partial charge in [0.05, 0.1) is 12.2 Å². The number of halogens is 1. The van der Waals surface area contributed by atoms with Gasteiger partial charge >= 0.3 is 17.8 Å². The number of hydrazine groups is 1. The number of amides is 5. The van der Waals surface area contributed by atoms with Crippen molar-refractivity contribution in [3.8, 4) is 0 Å². The number of nitrogens with zero attached hydrogens (tertiary/aromatic N) is 2. The van der Waals surface area contributed by atoms with E-state index in [1.807, 2.05) is 0 Å². The highest BCUT2D eigenvalue weighted by atomic mass is 32.1. The van der Waals surface area contributed by atoms with Crippen molar-refractivity contribution in [2.45, 2.75) is 6.54 Å². The molecule has 1 fully saturated rings. The van der Waals surface area contributed by atoms with E-state index in [1.165, 1.54) is 37.4 Å². The van der Waals surface area contributed by atoms with Crippen LogP contribution in [0.2, 0.25) is 0 Å². The highest BCUT2D eigenvalue weighted by Gasteiger charge is 2.41. The highest BCUT2D eigenvalue weighted by Crippen LogP contribution is 2.15. The lowest BCUT2D eigenvalue weighted by Crippen LogP contribution is -2.43. The maximum absolute atomic E-state index is 13.6. The van der Waals surface area contributed by atoms with E-state index in [4.69, 9.17) is 12.2 Å². The molecule has 1 saturated heterocycles. The number of likely N-dealkylation sites (N-methyl/N-ethyl adjacent to an activating group) is 1. The molecule has 1 heterocycles. The van der Waals surface area contributed by atoms with Gasteiger partial charge in [0.25, 0.3) is 5.91 Å². The molecule has 0 radical (unpaired) electrons. The summed E-state index contributed by atoms with van der Waals surface area (Å²) in [5.74, 6) is -2.79. The van der Waals surface area contributed by atoms with Crippen LogP contribution in [-0.2, 0) is 16.1 Å². The van der Waals surface area contributed by atoms with Crippen molar-refractivity contribution in [3.63, 3.8) is 0 Å². The minimum Gasteiger partial charge on any atom is -0.329 e. The smallest absolute Gasteiger partial charge is 0.329 e. The Labute approximate surface area is 175 Å². The summed E-state index contributed by atoms with van der Waals surface area (Å²) >= 11 is 5.00. The molecular weight excluding hydrogens is 413 g/mol. The predicted molar refractivity (Wildman–Crippen MR) is 108 cm³/mol. The standard InChI is InChI=1S/C19H16FN5O4S/c1-24-16(27)17(28)25(19(24)29)10-11-6-8-12(9-7-11)15(26)22-23-18(30)21-14-5-3-2-4-13(14)20/h2-9H,10H2,1H3,(H,22,26)(H2,21,23,30). The van der Waals surface area contributed by atoms with Gasteiger partial charge in [-0.1, -0.05) is 24.3 Å². The van der Waals surface area contributed by atoms with Gasteiger partial charge in [-0.25, -0.2) is 9.18 Å². The molecule has 0 unspecified atom stereocenters. The second-order valence-electron chi connectivity index (χ2n) is 6.25. The van der Waals surface area contributed by atoms with E-state index >= 15 is 0 Å². The minimum absolute atomic E-state index is 0.00934. The van der Waals surface area contributed by atoms with Crippen LogP contribution in [0.5, 0.6) is 0 Å². The summed E-state index contributed by atoms with van der Waals surface area (Å²) < 4.78 is 13.6. The molecule has 3 rings (SSSR count). The van der Waals surface area contributed by atoms with E-state index in [9.17, 15) is 23.6 Å². The average molecular weight is 429 g/mol. The molecular formula is C19H16FN5O4S. The summed E-state index contributed by atoms with van der Waals surface area (Å²) in [5.41, 5.74) is 5.82. The fourth-order valence-electron chi connectivity index (χ4n) is 2.60. The molecule has 9 nitrogen and oxygen atoms in total. The Morgan fingerprint density at radius 1 is 1.00 bits per heavy atom. The van der Waals surface area contributed by atoms with Crippen molar-refractivity contribution < 1.29 is 23.6 Å². The molecule has 0 saturated carbocycles. The normalized spacial score (nSPS) is 13.5. The van der Waals surface area contributed by atoms with E-state index in [2.05, 4.69) is 16.2 Å². The van der Waals surface area contributed by atoms with Gasteiger partial charge in [0.2, 0.25) is 0 Å². The second kappa shape index (κ2) is 8.66. The van der Waals surface area contributed by atoms with Gasteiger partial charge in [-0.3, -0.25) is 35.0 Å². The maximum Gasteiger partial charge on any atom is 0.334 e. The first-order valence-electron chi connectivity index (χ1n) is 8.62. The molecule has 1 aliphatic heterocycles. The van der Waals surface area contributed by atoms with Gasteiger partial charge in [0.15, 0.2) is 5.11 Å². The molecule has 5 amide bonds. The molecule has 30 heavy (non-hydrogen) atoms. The van der Waals surface area contributed by atoms with Crippen LogP contribution in [-0.4, -0.2) is 45.7 Å². The molecule has 0 spiro atoms. The Kier molecular flexibility index (Phi) is 6.02. The van der Waals surface area contributed by atoms with E-state index < -0.39 is 29.6 Å². The third-order valence-corrected chi connectivity index (χ3v) is 4.42. The molecule has 2 aromatic rings. The number of benzene rings is 2. The lowest BCUT2D eigenvalue weighted by Gasteiger charge is -2.14. The number of rotatable bonds is 4. The largest absolute Gasteiger partial charge is 0.334 e. The zero-order valence-electron chi connectivity index (χ0n) is 15.6. The van der Waals surface area contributed by atoms with Crippen LogP contribution < -0.4 is 16.2 Å². The third-order valence-electron chi connectivity index (χ3n) is 4.22. The first-order valence-corrected chi connectivity index (χ1v) is 9.03. The number of hydrogen-bond donors (Lipinski definition) is 3. The van der Waals surface area contributed by atoms with Crippen molar-refractivity contribution in [3.05, 3.63) is 65.5 Å². The second-order valence-corrected chi connectivity index (χ2v) is 6.66. The molecule has 1 aliphatic rings. The number of thiocarbonyl (C=S) groups is 1. The van der Waals surface area contributed by atoms with Crippen molar-refractivity contribution in [2.75, 3.05) is 12.4 Å². The van der Waals surface area contributed by atoms with Crippen molar-refractivity contribution in [2.24, 2.45) is 0 Å². The summed E-state index contributed by atoms with van der Waals surface area (Å²) in [6.45, 7) is -0.0927. The highest BCUT2D eigenvalue weighted by molar-refractivity contribution is 7.80. The number of nitrogens with one attached hydrogen (secondary N) is 3. The Balaban J connectivity index is 1.54. The van der Waals surface area contributed by atoms with E-state index in [0.717, 1.165) is 9.80 Å². The fraction of sp³-hybridized carbons (Fsp3) is 0.105. The molecule has 0 bridgehead atoms. The summed E-state index contributed by atoms with van der Waals surface area (Å²) in [7, 11) is 1.23. The molecule has 11 heteroatoms. The first kappa shape index (κ1) is 20.9. The average Bonchev–Trinajstić information content (AvgIpc) is 2.92. The molecule has 3 N–H and O–H groups in total. The van der Waals surface area contributed by atoms with Crippen molar-refractivity contribution >= 4 is 46.8 Å². The van der Waals surface area contributed by atoms with Crippen LogP contribution in [0.1, 0.15) is 15.9 Å².